The van der Waals surface area contributed by atoms with E-state index in [1.165, 1.54) is 64.2 Å². The highest BCUT2D eigenvalue weighted by molar-refractivity contribution is 5.77. The molecule has 1 amide bonds. The van der Waals surface area contributed by atoms with Crippen molar-refractivity contribution in [1.29, 1.82) is 0 Å². The number of amides is 1. The second-order valence-corrected chi connectivity index (χ2v) is 6.76. The van der Waals surface area contributed by atoms with Crippen LogP contribution in [0.3, 0.4) is 0 Å². The molecule has 0 spiro atoms. The number of aliphatic carboxylic acids is 1. The lowest BCUT2D eigenvalue weighted by Gasteiger charge is -2.12. The molecule has 6 nitrogen and oxygen atoms in total. The Bertz CT molecular complexity index is 337. The Morgan fingerprint density at radius 1 is 0.800 bits per heavy atom. The van der Waals surface area contributed by atoms with Gasteiger partial charge in [0.25, 0.3) is 0 Å². The van der Waals surface area contributed by atoms with Crippen LogP contribution in [0.1, 0.15) is 96.8 Å². The van der Waals surface area contributed by atoms with Gasteiger partial charge >= 0.3 is 5.97 Å². The predicted octanol–water partition coefficient (Wildman–Crippen LogP) is 3.53. The van der Waals surface area contributed by atoms with Crippen molar-refractivity contribution in [2.24, 2.45) is 0 Å². The van der Waals surface area contributed by atoms with E-state index in [1.54, 1.807) is 0 Å². The van der Waals surface area contributed by atoms with Crippen LogP contribution >= 0.6 is 0 Å². The molecule has 0 aromatic carbocycles. The number of carboxylic acids is 1. The summed E-state index contributed by atoms with van der Waals surface area (Å²) in [6.07, 6.45) is 16.7. The average molecular weight is 359 g/mol. The fourth-order valence-corrected chi connectivity index (χ4v) is 2.72. The summed E-state index contributed by atoms with van der Waals surface area (Å²) in [7, 11) is 0. The third-order valence-electron chi connectivity index (χ3n) is 4.37. The van der Waals surface area contributed by atoms with Gasteiger partial charge in [-0.15, -0.1) is 0 Å². The number of carbonyl (C=O) groups is 2. The van der Waals surface area contributed by atoms with Gasteiger partial charge in [-0.2, -0.15) is 0 Å². The molecule has 0 fully saturated rings. The quantitative estimate of drug-likeness (QED) is 0.222. The van der Waals surface area contributed by atoms with Gasteiger partial charge in [-0.25, -0.2) is 5.43 Å². The van der Waals surface area contributed by atoms with Gasteiger partial charge in [-0.05, 0) is 6.42 Å². The zero-order valence-corrected chi connectivity index (χ0v) is 15.9. The molecule has 148 valence electrons. The summed E-state index contributed by atoms with van der Waals surface area (Å²) in [5.41, 5.74) is 4.64. The zero-order chi connectivity index (χ0) is 18.8. The molecule has 0 saturated heterocycles. The summed E-state index contributed by atoms with van der Waals surface area (Å²) < 4.78 is 0. The molecule has 0 aliphatic carbocycles. The van der Waals surface area contributed by atoms with Crippen LogP contribution in [0.25, 0.3) is 0 Å². The number of hydrogen-bond acceptors (Lipinski definition) is 4. The highest BCUT2D eigenvalue weighted by Gasteiger charge is 2.15. The molecule has 4 N–H and O–H groups in total. The van der Waals surface area contributed by atoms with Crippen molar-refractivity contribution in [3.63, 3.8) is 0 Å². The van der Waals surface area contributed by atoms with E-state index in [1.807, 2.05) is 0 Å². The Morgan fingerprint density at radius 3 is 1.64 bits per heavy atom. The molecule has 0 aliphatic heterocycles. The predicted molar refractivity (Wildman–Crippen MR) is 100 cm³/mol. The zero-order valence-electron chi connectivity index (χ0n) is 15.9. The summed E-state index contributed by atoms with van der Waals surface area (Å²) in [6.45, 7) is 1.68. The normalized spacial score (nSPS) is 12.1. The lowest BCUT2D eigenvalue weighted by molar-refractivity contribution is -0.141. The summed E-state index contributed by atoms with van der Waals surface area (Å²) in [6, 6.07) is -1.16. The number of aliphatic hydroxyl groups is 1. The number of carbonyl (C=O) groups excluding carboxylic acids is 1. The summed E-state index contributed by atoms with van der Waals surface area (Å²) in [4.78, 5) is 22.2. The molecule has 0 aromatic rings. The molecular formula is C19H38N2O4. The molecule has 1 atom stereocenters. The van der Waals surface area contributed by atoms with Crippen molar-refractivity contribution < 1.29 is 19.8 Å². The third-order valence-corrected chi connectivity index (χ3v) is 4.37. The van der Waals surface area contributed by atoms with Crippen LogP contribution in [-0.2, 0) is 9.59 Å². The molecular weight excluding hydrogens is 320 g/mol. The first-order valence-corrected chi connectivity index (χ1v) is 9.99. The molecule has 0 saturated carbocycles. The highest BCUT2D eigenvalue weighted by atomic mass is 16.4. The smallest absolute Gasteiger partial charge is 0.324 e. The second-order valence-electron chi connectivity index (χ2n) is 6.76. The molecule has 0 bridgehead atoms. The topological polar surface area (TPSA) is 98.7 Å². The number of hydrazine groups is 1. The summed E-state index contributed by atoms with van der Waals surface area (Å²) >= 11 is 0. The molecule has 0 radical (unpaired) electrons. The van der Waals surface area contributed by atoms with Crippen molar-refractivity contribution in [2.75, 3.05) is 6.61 Å². The minimum absolute atomic E-state index is 0.234. The van der Waals surface area contributed by atoms with Crippen LogP contribution in [0.2, 0.25) is 0 Å². The first-order chi connectivity index (χ1) is 12.1. The van der Waals surface area contributed by atoms with E-state index in [4.69, 9.17) is 10.2 Å². The van der Waals surface area contributed by atoms with E-state index >= 15 is 0 Å². The first kappa shape index (κ1) is 23.9. The van der Waals surface area contributed by atoms with Crippen molar-refractivity contribution in [3.8, 4) is 0 Å². The van der Waals surface area contributed by atoms with Crippen LogP contribution in [0.5, 0.6) is 0 Å². The van der Waals surface area contributed by atoms with E-state index in [0.717, 1.165) is 19.3 Å². The van der Waals surface area contributed by atoms with Crippen molar-refractivity contribution >= 4 is 11.9 Å². The minimum Gasteiger partial charge on any atom is -0.480 e. The highest BCUT2D eigenvalue weighted by Crippen LogP contribution is 2.12. The van der Waals surface area contributed by atoms with Gasteiger partial charge in [-0.3, -0.25) is 15.0 Å². The van der Waals surface area contributed by atoms with Gasteiger partial charge in [0, 0.05) is 6.42 Å². The molecule has 6 heteroatoms. The Hall–Kier alpha value is -1.14. The van der Waals surface area contributed by atoms with Gasteiger partial charge in [0.15, 0.2) is 0 Å². The maximum Gasteiger partial charge on any atom is 0.324 e. The van der Waals surface area contributed by atoms with Gasteiger partial charge in [-0.1, -0.05) is 84.0 Å². The number of rotatable bonds is 18. The van der Waals surface area contributed by atoms with E-state index in [9.17, 15) is 9.59 Å². The van der Waals surface area contributed by atoms with Crippen molar-refractivity contribution in [3.05, 3.63) is 0 Å². The van der Waals surface area contributed by atoms with E-state index in [2.05, 4.69) is 17.8 Å². The number of nitrogens with one attached hydrogen (secondary N) is 2. The first-order valence-electron chi connectivity index (χ1n) is 9.99. The fourth-order valence-electron chi connectivity index (χ4n) is 2.72. The Kier molecular flexibility index (Phi) is 16.9. The number of unbranched alkanes of at least 4 members (excludes halogenated alkanes) is 12. The molecule has 0 aliphatic rings. The Morgan fingerprint density at radius 2 is 1.24 bits per heavy atom. The van der Waals surface area contributed by atoms with Gasteiger partial charge in [0.05, 0.1) is 6.61 Å². The molecule has 0 heterocycles. The van der Waals surface area contributed by atoms with E-state index in [0.29, 0.717) is 6.42 Å². The third kappa shape index (κ3) is 16.1. The van der Waals surface area contributed by atoms with E-state index < -0.39 is 18.6 Å². The lowest BCUT2D eigenvalue weighted by atomic mass is 10.0. The molecule has 0 unspecified atom stereocenters. The van der Waals surface area contributed by atoms with Crippen molar-refractivity contribution in [2.45, 2.75) is 103 Å². The SMILES string of the molecule is CCCCCCCCCCCCCCCC(=O)NN[C@@H](CO)C(=O)O. The van der Waals surface area contributed by atoms with Crippen LogP contribution in [0, 0.1) is 0 Å². The van der Waals surface area contributed by atoms with Crippen LogP contribution < -0.4 is 10.9 Å². The molecule has 25 heavy (non-hydrogen) atoms. The minimum atomic E-state index is -1.19. The summed E-state index contributed by atoms with van der Waals surface area (Å²) in [5, 5.41) is 17.5. The fraction of sp³-hybridized carbons (Fsp3) is 0.895. The largest absolute Gasteiger partial charge is 0.480 e. The maximum absolute atomic E-state index is 11.5. The van der Waals surface area contributed by atoms with Gasteiger partial charge in [0.2, 0.25) is 5.91 Å². The lowest BCUT2D eigenvalue weighted by Crippen LogP contribution is -2.49. The maximum atomic E-state index is 11.5. The Labute approximate surface area is 152 Å². The van der Waals surface area contributed by atoms with Crippen LogP contribution in [-0.4, -0.2) is 34.7 Å². The van der Waals surface area contributed by atoms with Crippen LogP contribution in [0.4, 0.5) is 0 Å². The average Bonchev–Trinajstić information content (AvgIpc) is 2.59. The van der Waals surface area contributed by atoms with Crippen LogP contribution in [0.15, 0.2) is 0 Å². The van der Waals surface area contributed by atoms with Crippen molar-refractivity contribution in [1.82, 2.24) is 10.9 Å². The number of carboxylic acid groups (broad SMARTS) is 1. The monoisotopic (exact) mass is 358 g/mol. The summed E-state index contributed by atoms with van der Waals surface area (Å²) in [5.74, 6) is -1.42. The second kappa shape index (κ2) is 17.7. The standard InChI is InChI=1S/C19H38N2O4/c1-2-3-4-5-6-7-8-9-10-11-12-13-14-15-18(23)21-20-17(16-22)19(24)25/h17,20,22H,2-16H2,1H3,(H,21,23)(H,24,25)/t17-/m0/s1. The molecule has 0 aromatic heterocycles. The van der Waals surface area contributed by atoms with E-state index in [-0.39, 0.29) is 5.91 Å². The van der Waals surface area contributed by atoms with Gasteiger partial charge in [0.1, 0.15) is 6.04 Å². The number of aliphatic hydroxyl groups excluding tert-OH is 1. The molecule has 0 rings (SSSR count). The Balaban J connectivity index is 3.30. The number of hydrogen-bond donors (Lipinski definition) is 4. The van der Waals surface area contributed by atoms with Gasteiger partial charge < -0.3 is 10.2 Å².